The molecule has 1 saturated heterocycles. The van der Waals surface area contributed by atoms with Crippen LogP contribution in [0.4, 0.5) is 5.69 Å². The van der Waals surface area contributed by atoms with Crippen LogP contribution in [-0.2, 0) is 19.6 Å². The van der Waals surface area contributed by atoms with Gasteiger partial charge in [-0.15, -0.1) is 0 Å². The van der Waals surface area contributed by atoms with Crippen molar-refractivity contribution in [2.24, 2.45) is 0 Å². The number of sulfonamides is 1. The third-order valence-corrected chi connectivity index (χ3v) is 5.23. The second-order valence-corrected chi connectivity index (χ2v) is 6.76. The molecule has 0 radical (unpaired) electrons. The summed E-state index contributed by atoms with van der Waals surface area (Å²) in [4.78, 5) is 24.1. The van der Waals surface area contributed by atoms with Crippen molar-refractivity contribution in [1.82, 2.24) is 9.62 Å². The maximum absolute atomic E-state index is 12.5. The Morgan fingerprint density at radius 1 is 1.24 bits per heavy atom. The zero-order chi connectivity index (χ0) is 15.9. The number of imide groups is 1. The van der Waals surface area contributed by atoms with Gasteiger partial charge < -0.3 is 5.73 Å². The minimum absolute atomic E-state index is 0.0442. The van der Waals surface area contributed by atoms with E-state index in [9.17, 15) is 18.0 Å². The van der Waals surface area contributed by atoms with Gasteiger partial charge in [0.25, 0.3) is 0 Å². The van der Waals surface area contributed by atoms with Gasteiger partial charge in [0, 0.05) is 7.05 Å². The molecule has 2 amide bonds. The van der Waals surface area contributed by atoms with Crippen LogP contribution in [0.15, 0.2) is 17.0 Å². The fourth-order valence-corrected chi connectivity index (χ4v) is 3.88. The Balaban J connectivity index is 2.39. The normalized spacial score (nSPS) is 19.4. The zero-order valence-corrected chi connectivity index (χ0v) is 12.8. The number of nitrogens with zero attached hydrogens (tertiary/aromatic N) is 1. The van der Waals surface area contributed by atoms with Crippen molar-refractivity contribution in [3.8, 4) is 0 Å². The third-order valence-electron chi connectivity index (χ3n) is 3.56. The van der Waals surface area contributed by atoms with Crippen LogP contribution >= 0.6 is 0 Å². The smallest absolute Gasteiger partial charge is 0.247 e. The number of rotatable bonds is 3. The molecule has 1 aromatic carbocycles. The molecule has 1 atom stereocenters. The summed E-state index contributed by atoms with van der Waals surface area (Å²) in [5, 5.41) is 0. The van der Waals surface area contributed by atoms with Gasteiger partial charge >= 0.3 is 0 Å². The Bertz CT molecular complexity index is 727. The van der Waals surface area contributed by atoms with Crippen molar-refractivity contribution in [3.63, 3.8) is 0 Å². The summed E-state index contributed by atoms with van der Waals surface area (Å²) in [6.45, 7) is 3.32. The molecule has 0 aromatic heterocycles. The molecule has 1 aromatic rings. The van der Waals surface area contributed by atoms with Crippen molar-refractivity contribution in [3.05, 3.63) is 23.3 Å². The number of carbonyl (C=O) groups excluding carboxylic acids is 2. The number of nitrogen functional groups attached to an aromatic ring is 1. The number of carbonyl (C=O) groups is 2. The summed E-state index contributed by atoms with van der Waals surface area (Å²) >= 11 is 0. The van der Waals surface area contributed by atoms with E-state index in [1.807, 2.05) is 0 Å². The molecule has 1 aliphatic heterocycles. The van der Waals surface area contributed by atoms with Crippen molar-refractivity contribution in [2.75, 3.05) is 12.8 Å². The van der Waals surface area contributed by atoms with E-state index in [1.165, 1.54) is 7.05 Å². The van der Waals surface area contributed by atoms with Crippen LogP contribution in [0.2, 0.25) is 0 Å². The summed E-state index contributed by atoms with van der Waals surface area (Å²) in [6, 6.07) is 2.29. The topological polar surface area (TPSA) is 110 Å². The first-order valence-corrected chi connectivity index (χ1v) is 7.82. The lowest BCUT2D eigenvalue weighted by molar-refractivity contribution is -0.137. The first kappa shape index (κ1) is 15.5. The van der Waals surface area contributed by atoms with E-state index in [-0.39, 0.29) is 17.0 Å². The number of hydrogen-bond donors (Lipinski definition) is 2. The molecule has 114 valence electrons. The van der Waals surface area contributed by atoms with E-state index in [0.717, 1.165) is 4.90 Å². The molecule has 1 fully saturated rings. The highest BCUT2D eigenvalue weighted by atomic mass is 32.2. The SMILES string of the molecule is Cc1ccc(C)c(S(=O)(=O)NC2CC(=O)N(C)C2=O)c1N. The number of aryl methyl sites for hydroxylation is 2. The average molecular weight is 311 g/mol. The van der Waals surface area contributed by atoms with Crippen LogP contribution in [-0.4, -0.2) is 38.2 Å². The van der Waals surface area contributed by atoms with Crippen molar-refractivity contribution in [1.29, 1.82) is 0 Å². The number of nitrogens with one attached hydrogen (secondary N) is 1. The molecule has 3 N–H and O–H groups in total. The quantitative estimate of drug-likeness (QED) is 0.599. The molecule has 7 nitrogen and oxygen atoms in total. The molecule has 0 bridgehead atoms. The summed E-state index contributed by atoms with van der Waals surface area (Å²) in [7, 11) is -2.66. The van der Waals surface area contributed by atoms with Crippen molar-refractivity contribution in [2.45, 2.75) is 31.2 Å². The van der Waals surface area contributed by atoms with Gasteiger partial charge in [-0.2, -0.15) is 4.72 Å². The van der Waals surface area contributed by atoms with E-state index >= 15 is 0 Å². The first-order chi connectivity index (χ1) is 9.65. The second-order valence-electron chi connectivity index (χ2n) is 5.11. The Morgan fingerprint density at radius 2 is 1.81 bits per heavy atom. The van der Waals surface area contributed by atoms with Crippen LogP contribution in [0, 0.1) is 13.8 Å². The van der Waals surface area contributed by atoms with E-state index in [0.29, 0.717) is 11.1 Å². The van der Waals surface area contributed by atoms with Crippen LogP contribution in [0.3, 0.4) is 0 Å². The van der Waals surface area contributed by atoms with Gasteiger partial charge in [0.2, 0.25) is 21.8 Å². The molecule has 2 rings (SSSR count). The summed E-state index contributed by atoms with van der Waals surface area (Å²) < 4.78 is 27.2. The highest BCUT2D eigenvalue weighted by molar-refractivity contribution is 7.89. The van der Waals surface area contributed by atoms with Gasteiger partial charge in [-0.05, 0) is 25.0 Å². The average Bonchev–Trinajstić information content (AvgIpc) is 2.61. The molecule has 0 aliphatic carbocycles. The Labute approximate surface area is 123 Å². The molecular formula is C13H17N3O4S. The minimum Gasteiger partial charge on any atom is -0.397 e. The Morgan fingerprint density at radius 3 is 2.33 bits per heavy atom. The molecular weight excluding hydrogens is 294 g/mol. The Kier molecular flexibility index (Phi) is 3.77. The number of likely N-dealkylation sites (N-methyl/N-ethyl adjacent to an activating group) is 1. The maximum Gasteiger partial charge on any atom is 0.247 e. The van der Waals surface area contributed by atoms with E-state index < -0.39 is 27.9 Å². The number of nitrogens with two attached hydrogens (primary N) is 1. The maximum atomic E-state index is 12.5. The molecule has 1 heterocycles. The highest BCUT2D eigenvalue weighted by Gasteiger charge is 2.39. The first-order valence-electron chi connectivity index (χ1n) is 6.33. The number of hydrogen-bond acceptors (Lipinski definition) is 5. The monoisotopic (exact) mass is 311 g/mol. The van der Waals surface area contributed by atoms with E-state index in [4.69, 9.17) is 5.73 Å². The Hall–Kier alpha value is -1.93. The number of benzene rings is 1. The molecule has 21 heavy (non-hydrogen) atoms. The minimum atomic E-state index is -3.98. The lowest BCUT2D eigenvalue weighted by Crippen LogP contribution is -2.41. The fourth-order valence-electron chi connectivity index (χ4n) is 2.26. The van der Waals surface area contributed by atoms with Gasteiger partial charge in [0.15, 0.2) is 0 Å². The third kappa shape index (κ3) is 2.64. The fraction of sp³-hybridized carbons (Fsp3) is 0.385. The number of likely N-dealkylation sites (tertiary alicyclic amines) is 1. The summed E-state index contributed by atoms with van der Waals surface area (Å²) in [5.74, 6) is -0.978. The van der Waals surface area contributed by atoms with Crippen LogP contribution < -0.4 is 10.5 Å². The zero-order valence-electron chi connectivity index (χ0n) is 12.0. The van der Waals surface area contributed by atoms with Gasteiger partial charge in [-0.1, -0.05) is 12.1 Å². The van der Waals surface area contributed by atoms with Gasteiger partial charge in [-0.3, -0.25) is 14.5 Å². The summed E-state index contributed by atoms with van der Waals surface area (Å²) in [5.41, 5.74) is 7.11. The van der Waals surface area contributed by atoms with Crippen molar-refractivity contribution < 1.29 is 18.0 Å². The predicted octanol–water partition coefficient (Wildman–Crippen LogP) is -0.0788. The molecule has 0 spiro atoms. The molecule has 8 heteroatoms. The second kappa shape index (κ2) is 5.12. The van der Waals surface area contributed by atoms with E-state index in [1.54, 1.807) is 26.0 Å². The lowest BCUT2D eigenvalue weighted by Gasteiger charge is -2.16. The largest absolute Gasteiger partial charge is 0.397 e. The van der Waals surface area contributed by atoms with Gasteiger partial charge in [-0.25, -0.2) is 8.42 Å². The van der Waals surface area contributed by atoms with Crippen molar-refractivity contribution >= 4 is 27.5 Å². The standard InChI is InChI=1S/C13H17N3O4S/c1-7-4-5-8(2)12(11(7)14)21(19,20)15-9-6-10(17)16(3)13(9)18/h4-5,9,15H,6,14H2,1-3H3. The highest BCUT2D eigenvalue weighted by Crippen LogP contribution is 2.26. The van der Waals surface area contributed by atoms with Crippen LogP contribution in [0.5, 0.6) is 0 Å². The number of amides is 2. The number of anilines is 1. The van der Waals surface area contributed by atoms with Gasteiger partial charge in [0.1, 0.15) is 10.9 Å². The van der Waals surface area contributed by atoms with Crippen LogP contribution in [0.1, 0.15) is 17.5 Å². The van der Waals surface area contributed by atoms with Gasteiger partial charge in [0.05, 0.1) is 12.1 Å². The molecule has 0 saturated carbocycles. The van der Waals surface area contributed by atoms with E-state index in [2.05, 4.69) is 4.72 Å². The predicted molar refractivity (Wildman–Crippen MR) is 76.8 cm³/mol. The van der Waals surface area contributed by atoms with Crippen LogP contribution in [0.25, 0.3) is 0 Å². The molecule has 1 aliphatic rings. The lowest BCUT2D eigenvalue weighted by atomic mass is 10.1. The summed E-state index contributed by atoms with van der Waals surface area (Å²) in [6.07, 6.45) is -0.181. The molecule has 1 unspecified atom stereocenters.